The number of benzene rings is 1. The summed E-state index contributed by atoms with van der Waals surface area (Å²) in [5.41, 5.74) is 6.92. The third kappa shape index (κ3) is 2.88. The molecule has 0 atom stereocenters. The number of aromatic amines is 1. The molecule has 2 rings (SSSR count). The van der Waals surface area contributed by atoms with Crippen molar-refractivity contribution in [3.8, 4) is 0 Å². The smallest absolute Gasteiger partial charge is 0.328 e. The summed E-state index contributed by atoms with van der Waals surface area (Å²) in [7, 11) is 0. The number of nitrogens with two attached hydrogens (primary N) is 1. The Labute approximate surface area is 114 Å². The van der Waals surface area contributed by atoms with Crippen LogP contribution in [0.3, 0.4) is 0 Å². The van der Waals surface area contributed by atoms with Crippen LogP contribution in [0.1, 0.15) is 18.1 Å². The van der Waals surface area contributed by atoms with Gasteiger partial charge in [0.15, 0.2) is 0 Å². The molecular formula is C13H14ClN3O2. The molecule has 2 aromatic rings. The Bertz CT molecular complexity index is 719. The number of anilines is 1. The van der Waals surface area contributed by atoms with Crippen molar-refractivity contribution >= 4 is 17.3 Å². The lowest BCUT2D eigenvalue weighted by Gasteiger charge is -2.09. The second kappa shape index (κ2) is 5.32. The number of aryl methyl sites for hydroxylation is 1. The molecule has 19 heavy (non-hydrogen) atoms. The van der Waals surface area contributed by atoms with E-state index in [1.165, 1.54) is 4.57 Å². The predicted molar refractivity (Wildman–Crippen MR) is 75.7 cm³/mol. The molecule has 100 valence electrons. The van der Waals surface area contributed by atoms with Crippen LogP contribution in [0.4, 0.5) is 5.69 Å². The van der Waals surface area contributed by atoms with Crippen molar-refractivity contribution in [2.24, 2.45) is 0 Å². The maximum absolute atomic E-state index is 11.7. The molecule has 1 aromatic carbocycles. The summed E-state index contributed by atoms with van der Waals surface area (Å²) in [5.74, 6) is 0. The van der Waals surface area contributed by atoms with Crippen molar-refractivity contribution in [2.75, 3.05) is 5.73 Å². The van der Waals surface area contributed by atoms with E-state index in [2.05, 4.69) is 4.98 Å². The molecule has 3 N–H and O–H groups in total. The minimum Gasteiger partial charge on any atom is -0.398 e. The Kier molecular flexibility index (Phi) is 3.76. The van der Waals surface area contributed by atoms with Gasteiger partial charge in [0.05, 0.1) is 6.54 Å². The minimum atomic E-state index is -0.448. The van der Waals surface area contributed by atoms with Crippen LogP contribution in [0.15, 0.2) is 34.0 Å². The highest BCUT2D eigenvalue weighted by atomic mass is 35.5. The van der Waals surface area contributed by atoms with E-state index in [0.29, 0.717) is 29.2 Å². The van der Waals surface area contributed by atoms with Crippen LogP contribution >= 0.6 is 11.6 Å². The molecule has 1 aromatic heterocycles. The molecule has 6 heteroatoms. The summed E-state index contributed by atoms with van der Waals surface area (Å²) in [6, 6.07) is 5.11. The number of nitrogen functional groups attached to an aromatic ring is 1. The zero-order chi connectivity index (χ0) is 14.0. The fraction of sp³-hybridized carbons (Fsp3) is 0.231. The highest BCUT2D eigenvalue weighted by molar-refractivity contribution is 6.30. The number of nitrogens with zero attached hydrogens (tertiary/aromatic N) is 1. The fourth-order valence-electron chi connectivity index (χ4n) is 1.82. The Morgan fingerprint density at radius 1 is 1.32 bits per heavy atom. The topological polar surface area (TPSA) is 80.9 Å². The van der Waals surface area contributed by atoms with Crippen LogP contribution in [0.5, 0.6) is 0 Å². The van der Waals surface area contributed by atoms with Gasteiger partial charge in [0.25, 0.3) is 5.56 Å². The van der Waals surface area contributed by atoms with Gasteiger partial charge in [-0.1, -0.05) is 24.6 Å². The Morgan fingerprint density at radius 3 is 2.68 bits per heavy atom. The SMILES string of the molecule is CCc1cn(Cc2ccc(Cl)cc2N)c(=O)[nH]c1=O. The number of rotatable bonds is 3. The number of nitrogens with one attached hydrogen (secondary N) is 1. The van der Waals surface area contributed by atoms with E-state index in [4.69, 9.17) is 17.3 Å². The molecule has 0 unspecified atom stereocenters. The molecule has 0 aliphatic carbocycles. The average Bonchev–Trinajstić information content (AvgIpc) is 2.35. The lowest BCUT2D eigenvalue weighted by atomic mass is 10.2. The van der Waals surface area contributed by atoms with E-state index >= 15 is 0 Å². The lowest BCUT2D eigenvalue weighted by Crippen LogP contribution is -2.32. The molecule has 0 saturated carbocycles. The number of halogens is 1. The van der Waals surface area contributed by atoms with Gasteiger partial charge in [-0.25, -0.2) is 4.79 Å². The zero-order valence-corrected chi connectivity index (χ0v) is 11.2. The highest BCUT2D eigenvalue weighted by Crippen LogP contribution is 2.18. The van der Waals surface area contributed by atoms with Crippen molar-refractivity contribution in [1.29, 1.82) is 0 Å². The van der Waals surface area contributed by atoms with Crippen molar-refractivity contribution in [2.45, 2.75) is 19.9 Å². The first kappa shape index (κ1) is 13.4. The van der Waals surface area contributed by atoms with Crippen molar-refractivity contribution < 1.29 is 0 Å². The average molecular weight is 280 g/mol. The van der Waals surface area contributed by atoms with Crippen molar-refractivity contribution in [3.05, 3.63) is 61.4 Å². The number of hydrogen-bond donors (Lipinski definition) is 2. The van der Waals surface area contributed by atoms with E-state index in [1.54, 1.807) is 24.4 Å². The third-order valence-electron chi connectivity index (χ3n) is 2.91. The Balaban J connectivity index is 2.43. The summed E-state index contributed by atoms with van der Waals surface area (Å²) >= 11 is 5.82. The van der Waals surface area contributed by atoms with Crippen LogP contribution in [0.25, 0.3) is 0 Å². The van der Waals surface area contributed by atoms with Crippen LogP contribution < -0.4 is 17.0 Å². The maximum atomic E-state index is 11.7. The normalized spacial score (nSPS) is 10.6. The monoisotopic (exact) mass is 279 g/mol. The quantitative estimate of drug-likeness (QED) is 0.833. The minimum absolute atomic E-state index is 0.297. The van der Waals surface area contributed by atoms with Gasteiger partial charge in [-0.15, -0.1) is 0 Å². The molecule has 0 radical (unpaired) electrons. The van der Waals surface area contributed by atoms with Crippen molar-refractivity contribution in [3.63, 3.8) is 0 Å². The molecule has 0 aliphatic rings. The van der Waals surface area contributed by atoms with Gasteiger partial charge in [0.2, 0.25) is 0 Å². The number of hydrogen-bond acceptors (Lipinski definition) is 3. The first-order valence-corrected chi connectivity index (χ1v) is 6.25. The molecular weight excluding hydrogens is 266 g/mol. The van der Waals surface area contributed by atoms with Crippen LogP contribution in [0.2, 0.25) is 5.02 Å². The number of H-pyrrole nitrogens is 1. The fourth-order valence-corrected chi connectivity index (χ4v) is 2.00. The van der Waals surface area contributed by atoms with Crippen molar-refractivity contribution in [1.82, 2.24) is 9.55 Å². The zero-order valence-electron chi connectivity index (χ0n) is 10.4. The number of aromatic nitrogens is 2. The lowest BCUT2D eigenvalue weighted by molar-refractivity contribution is 0.709. The highest BCUT2D eigenvalue weighted by Gasteiger charge is 2.06. The van der Waals surface area contributed by atoms with E-state index in [1.807, 2.05) is 6.92 Å². The van der Waals surface area contributed by atoms with Gasteiger partial charge in [0, 0.05) is 22.5 Å². The van der Waals surface area contributed by atoms with Crippen LogP contribution in [-0.2, 0) is 13.0 Å². The van der Waals surface area contributed by atoms with Gasteiger partial charge in [-0.05, 0) is 24.1 Å². The summed E-state index contributed by atoms with van der Waals surface area (Å²) in [6.07, 6.45) is 2.13. The van der Waals surface area contributed by atoms with E-state index in [0.717, 1.165) is 5.56 Å². The molecule has 0 fully saturated rings. The molecule has 0 saturated heterocycles. The van der Waals surface area contributed by atoms with Gasteiger partial charge in [-0.3, -0.25) is 14.3 Å². The van der Waals surface area contributed by atoms with Crippen LogP contribution in [0, 0.1) is 0 Å². The van der Waals surface area contributed by atoms with Gasteiger partial charge in [-0.2, -0.15) is 0 Å². The third-order valence-corrected chi connectivity index (χ3v) is 3.15. The molecule has 0 aliphatic heterocycles. The maximum Gasteiger partial charge on any atom is 0.328 e. The van der Waals surface area contributed by atoms with Gasteiger partial charge in [0.1, 0.15) is 0 Å². The Hall–Kier alpha value is -2.01. The van der Waals surface area contributed by atoms with Gasteiger partial charge >= 0.3 is 5.69 Å². The Morgan fingerprint density at radius 2 is 2.05 bits per heavy atom. The van der Waals surface area contributed by atoms with Crippen LogP contribution in [-0.4, -0.2) is 9.55 Å². The summed E-state index contributed by atoms with van der Waals surface area (Å²) in [4.78, 5) is 25.5. The second-order valence-corrected chi connectivity index (χ2v) is 4.67. The van der Waals surface area contributed by atoms with E-state index in [-0.39, 0.29) is 5.56 Å². The standard InChI is InChI=1S/C13H14ClN3O2/c1-2-8-6-17(13(19)16-12(8)18)7-9-3-4-10(14)5-11(9)15/h3-6H,2,7,15H2,1H3,(H,16,18,19). The molecule has 5 nitrogen and oxygen atoms in total. The largest absolute Gasteiger partial charge is 0.398 e. The van der Waals surface area contributed by atoms with Gasteiger partial charge < -0.3 is 5.73 Å². The summed E-state index contributed by atoms with van der Waals surface area (Å²) < 4.78 is 1.43. The predicted octanol–water partition coefficient (Wildman–Crippen LogP) is 1.38. The summed E-state index contributed by atoms with van der Waals surface area (Å²) in [5, 5.41) is 0.546. The first-order chi connectivity index (χ1) is 9.01. The second-order valence-electron chi connectivity index (χ2n) is 4.24. The molecule has 0 amide bonds. The molecule has 0 spiro atoms. The first-order valence-electron chi connectivity index (χ1n) is 5.87. The summed E-state index contributed by atoms with van der Waals surface area (Å²) in [6.45, 7) is 2.15. The van der Waals surface area contributed by atoms with E-state index < -0.39 is 5.69 Å². The van der Waals surface area contributed by atoms with E-state index in [9.17, 15) is 9.59 Å². The molecule has 1 heterocycles. The molecule has 0 bridgehead atoms.